The summed E-state index contributed by atoms with van der Waals surface area (Å²) in [5.41, 5.74) is 4.20. The molecule has 2 aliphatic rings. The van der Waals surface area contributed by atoms with Gasteiger partial charge in [0, 0.05) is 6.42 Å². The van der Waals surface area contributed by atoms with Gasteiger partial charge in [0.2, 0.25) is 0 Å². The van der Waals surface area contributed by atoms with Crippen LogP contribution >= 0.6 is 0 Å². The van der Waals surface area contributed by atoms with Crippen LogP contribution in [0, 0.1) is 17.3 Å². The molecule has 0 spiro atoms. The zero-order valence-electron chi connectivity index (χ0n) is 11.8. The number of rotatable bonds is 1. The van der Waals surface area contributed by atoms with Gasteiger partial charge in [-0.15, -0.1) is 0 Å². The minimum Gasteiger partial charge on any atom is -0.295 e. The highest BCUT2D eigenvalue weighted by molar-refractivity contribution is 5.96. The molecule has 0 aromatic heterocycles. The summed E-state index contributed by atoms with van der Waals surface area (Å²) in [7, 11) is 0. The molecule has 0 saturated heterocycles. The Morgan fingerprint density at radius 1 is 1.24 bits per heavy atom. The van der Waals surface area contributed by atoms with Crippen LogP contribution in [0.4, 0.5) is 0 Å². The third kappa shape index (κ3) is 1.90. The molecular formula is C16H24O. The van der Waals surface area contributed by atoms with Crippen LogP contribution in [0.15, 0.2) is 22.8 Å². The van der Waals surface area contributed by atoms with Crippen molar-refractivity contribution in [2.24, 2.45) is 17.3 Å². The van der Waals surface area contributed by atoms with E-state index in [2.05, 4.69) is 33.8 Å². The smallest absolute Gasteiger partial charge is 0.158 e. The van der Waals surface area contributed by atoms with Crippen molar-refractivity contribution in [3.8, 4) is 0 Å². The maximum absolute atomic E-state index is 11.7. The van der Waals surface area contributed by atoms with Gasteiger partial charge in [-0.2, -0.15) is 0 Å². The lowest BCUT2D eigenvalue weighted by Crippen LogP contribution is -2.31. The summed E-state index contributed by atoms with van der Waals surface area (Å²) in [6.07, 6.45) is 5.38. The van der Waals surface area contributed by atoms with Crippen LogP contribution in [0.3, 0.4) is 0 Å². The van der Waals surface area contributed by atoms with E-state index >= 15 is 0 Å². The monoisotopic (exact) mass is 232 g/mol. The molecule has 0 amide bonds. The van der Waals surface area contributed by atoms with Gasteiger partial charge in [-0.1, -0.05) is 31.1 Å². The van der Waals surface area contributed by atoms with E-state index in [4.69, 9.17) is 0 Å². The molecule has 0 bridgehead atoms. The van der Waals surface area contributed by atoms with Crippen molar-refractivity contribution in [1.82, 2.24) is 0 Å². The van der Waals surface area contributed by atoms with E-state index in [1.807, 2.05) is 6.92 Å². The third-order valence-electron chi connectivity index (χ3n) is 5.36. The Labute approximate surface area is 105 Å². The van der Waals surface area contributed by atoms with Crippen molar-refractivity contribution < 1.29 is 4.79 Å². The first-order chi connectivity index (χ1) is 7.85. The lowest BCUT2D eigenvalue weighted by atomic mass is 9.65. The SMILES string of the molecule is CC1=CCC(C2CCC(=O)C(C)=C2C)C1(C)C. The predicted molar refractivity (Wildman–Crippen MR) is 71.8 cm³/mol. The standard InChI is InChI=1S/C16H24O/c1-10-6-8-14(16(10,4)5)13-7-9-15(17)12(3)11(13)2/h6,13-14H,7-9H2,1-5H3. The minimum atomic E-state index is 0.298. The maximum Gasteiger partial charge on any atom is 0.158 e. The molecule has 1 heteroatoms. The van der Waals surface area contributed by atoms with Crippen molar-refractivity contribution in [2.45, 2.75) is 53.9 Å². The number of carbonyl (C=O) groups is 1. The molecule has 0 aromatic carbocycles. The molecule has 0 N–H and O–H groups in total. The molecule has 94 valence electrons. The van der Waals surface area contributed by atoms with E-state index in [1.165, 1.54) is 17.6 Å². The second-order valence-electron chi connectivity index (χ2n) is 6.33. The Kier molecular flexibility index (Phi) is 3.05. The van der Waals surface area contributed by atoms with Crippen molar-refractivity contribution in [3.63, 3.8) is 0 Å². The highest BCUT2D eigenvalue weighted by Gasteiger charge is 2.41. The minimum absolute atomic E-state index is 0.298. The summed E-state index contributed by atoms with van der Waals surface area (Å²) < 4.78 is 0. The van der Waals surface area contributed by atoms with Crippen LogP contribution in [-0.2, 0) is 4.79 Å². The second-order valence-corrected chi connectivity index (χ2v) is 6.33. The van der Waals surface area contributed by atoms with Gasteiger partial charge in [0.1, 0.15) is 0 Å². The van der Waals surface area contributed by atoms with Gasteiger partial charge >= 0.3 is 0 Å². The van der Waals surface area contributed by atoms with Crippen LogP contribution in [-0.4, -0.2) is 5.78 Å². The summed E-state index contributed by atoms with van der Waals surface area (Å²) in [6, 6.07) is 0. The summed E-state index contributed by atoms with van der Waals surface area (Å²) in [6.45, 7) is 11.1. The molecule has 0 radical (unpaired) electrons. The zero-order valence-corrected chi connectivity index (χ0v) is 11.8. The van der Waals surface area contributed by atoms with E-state index in [1.54, 1.807) is 0 Å². The molecule has 2 rings (SSSR count). The van der Waals surface area contributed by atoms with Crippen LogP contribution < -0.4 is 0 Å². The molecule has 1 nitrogen and oxygen atoms in total. The molecule has 17 heavy (non-hydrogen) atoms. The average Bonchev–Trinajstić information content (AvgIpc) is 2.52. The van der Waals surface area contributed by atoms with E-state index < -0.39 is 0 Å². The normalized spacial score (nSPS) is 33.0. The van der Waals surface area contributed by atoms with Crippen LogP contribution in [0.25, 0.3) is 0 Å². The van der Waals surface area contributed by atoms with Crippen LogP contribution in [0.2, 0.25) is 0 Å². The van der Waals surface area contributed by atoms with Gasteiger partial charge in [0.05, 0.1) is 0 Å². The lowest BCUT2D eigenvalue weighted by molar-refractivity contribution is -0.116. The summed E-state index contributed by atoms with van der Waals surface area (Å²) >= 11 is 0. The molecule has 0 aromatic rings. The summed E-state index contributed by atoms with van der Waals surface area (Å²) in [5, 5.41) is 0. The van der Waals surface area contributed by atoms with Crippen molar-refractivity contribution in [2.75, 3.05) is 0 Å². The Morgan fingerprint density at radius 2 is 1.88 bits per heavy atom. The van der Waals surface area contributed by atoms with Gasteiger partial charge in [-0.3, -0.25) is 4.79 Å². The zero-order chi connectivity index (χ0) is 12.8. The Balaban J connectivity index is 2.29. The molecule has 2 aliphatic carbocycles. The second kappa shape index (κ2) is 4.12. The number of carbonyl (C=O) groups excluding carboxylic acids is 1. The average molecular weight is 232 g/mol. The Morgan fingerprint density at radius 3 is 2.41 bits per heavy atom. The summed E-state index contributed by atoms with van der Waals surface area (Å²) in [4.78, 5) is 11.7. The van der Waals surface area contributed by atoms with Crippen LogP contribution in [0.5, 0.6) is 0 Å². The van der Waals surface area contributed by atoms with E-state index in [9.17, 15) is 4.79 Å². The van der Waals surface area contributed by atoms with Gasteiger partial charge < -0.3 is 0 Å². The fourth-order valence-corrected chi connectivity index (χ4v) is 3.51. The summed E-state index contributed by atoms with van der Waals surface area (Å²) in [5.74, 6) is 1.65. The fraction of sp³-hybridized carbons (Fsp3) is 0.688. The molecule has 2 unspecified atom stereocenters. The van der Waals surface area contributed by atoms with Crippen molar-refractivity contribution >= 4 is 5.78 Å². The van der Waals surface area contributed by atoms with E-state index in [0.29, 0.717) is 23.0 Å². The maximum atomic E-state index is 11.7. The fourth-order valence-electron chi connectivity index (χ4n) is 3.51. The first kappa shape index (κ1) is 12.6. The highest BCUT2D eigenvalue weighted by atomic mass is 16.1. The van der Waals surface area contributed by atoms with Crippen LogP contribution in [0.1, 0.15) is 53.9 Å². The topological polar surface area (TPSA) is 17.1 Å². The first-order valence-electron chi connectivity index (χ1n) is 6.73. The third-order valence-corrected chi connectivity index (χ3v) is 5.36. The first-order valence-corrected chi connectivity index (χ1v) is 6.73. The molecular weight excluding hydrogens is 208 g/mol. The number of allylic oxidation sites excluding steroid dienone is 4. The predicted octanol–water partition coefficient (Wildman–Crippen LogP) is 4.29. The molecule has 0 heterocycles. The van der Waals surface area contributed by atoms with Gasteiger partial charge in [0.15, 0.2) is 5.78 Å². The Hall–Kier alpha value is -0.850. The number of ketones is 1. The van der Waals surface area contributed by atoms with E-state index in [-0.39, 0.29) is 0 Å². The lowest BCUT2D eigenvalue weighted by Gasteiger charge is -2.38. The van der Waals surface area contributed by atoms with Crippen molar-refractivity contribution in [3.05, 3.63) is 22.8 Å². The number of Topliss-reactive ketones (excluding diaryl/α,β-unsaturated/α-hetero) is 1. The molecule has 2 atom stereocenters. The van der Waals surface area contributed by atoms with Gasteiger partial charge in [0.25, 0.3) is 0 Å². The Bertz CT molecular complexity index is 409. The van der Waals surface area contributed by atoms with Crippen molar-refractivity contribution in [1.29, 1.82) is 0 Å². The largest absolute Gasteiger partial charge is 0.295 e. The number of hydrogen-bond donors (Lipinski definition) is 0. The quantitative estimate of drug-likeness (QED) is 0.616. The molecule has 0 aliphatic heterocycles. The molecule has 0 saturated carbocycles. The van der Waals surface area contributed by atoms with E-state index in [0.717, 1.165) is 18.4 Å². The highest BCUT2D eigenvalue weighted by Crippen LogP contribution is 2.50. The van der Waals surface area contributed by atoms with Gasteiger partial charge in [-0.25, -0.2) is 0 Å². The van der Waals surface area contributed by atoms with Gasteiger partial charge in [-0.05, 0) is 56.4 Å². The number of hydrogen-bond acceptors (Lipinski definition) is 1. The molecule has 0 fully saturated rings.